The summed E-state index contributed by atoms with van der Waals surface area (Å²) in [7, 11) is 0. The second-order valence-electron chi connectivity index (χ2n) is 7.79. The molecular weight excluding hydrogens is 314 g/mol. The van der Waals surface area contributed by atoms with E-state index in [1.165, 1.54) is 12.8 Å². The third-order valence-electron chi connectivity index (χ3n) is 5.57. The Morgan fingerprint density at radius 1 is 1.16 bits per heavy atom. The molecule has 0 amide bonds. The highest BCUT2D eigenvalue weighted by molar-refractivity contribution is 5.19. The number of aromatic nitrogens is 1. The van der Waals surface area contributed by atoms with Crippen molar-refractivity contribution < 1.29 is 9.15 Å². The lowest BCUT2D eigenvalue weighted by Gasteiger charge is -2.36. The lowest BCUT2D eigenvalue weighted by molar-refractivity contribution is 0.0279. The van der Waals surface area contributed by atoms with Gasteiger partial charge in [0, 0.05) is 0 Å². The van der Waals surface area contributed by atoms with Crippen LogP contribution in [0.1, 0.15) is 58.6 Å². The first-order valence-corrected chi connectivity index (χ1v) is 9.39. The van der Waals surface area contributed by atoms with Crippen LogP contribution in [0.15, 0.2) is 45.7 Å². The number of nitrogens with zero attached hydrogens (tertiary/aromatic N) is 1. The second kappa shape index (κ2) is 7.51. The zero-order valence-corrected chi connectivity index (χ0v) is 15.6. The van der Waals surface area contributed by atoms with E-state index in [9.17, 15) is 4.79 Å². The predicted octanol–water partition coefficient (Wildman–Crippen LogP) is 4.89. The minimum atomic E-state index is -0.365. The van der Waals surface area contributed by atoms with Gasteiger partial charge in [-0.25, -0.2) is 4.79 Å². The number of rotatable bonds is 5. The smallest absolute Gasteiger partial charge is 0.422 e. The number of hydrogen-bond donors (Lipinski definition) is 0. The van der Waals surface area contributed by atoms with Crippen LogP contribution in [0.2, 0.25) is 0 Å². The summed E-state index contributed by atoms with van der Waals surface area (Å²) >= 11 is 0. The van der Waals surface area contributed by atoms with Crippen LogP contribution in [-0.4, -0.2) is 10.7 Å². The van der Waals surface area contributed by atoms with Gasteiger partial charge in [0.25, 0.3) is 0 Å². The van der Waals surface area contributed by atoms with E-state index in [4.69, 9.17) is 9.15 Å². The lowest BCUT2D eigenvalue weighted by Crippen LogP contribution is -2.36. The molecule has 0 spiro atoms. The molecule has 0 N–H and O–H groups in total. The zero-order chi connectivity index (χ0) is 18.0. The highest BCUT2D eigenvalue weighted by atomic mass is 16.6. The number of benzene rings is 1. The Balaban J connectivity index is 1.79. The fourth-order valence-corrected chi connectivity index (χ4v) is 3.95. The van der Waals surface area contributed by atoms with Crippen LogP contribution < -0.4 is 10.5 Å². The van der Waals surface area contributed by atoms with Gasteiger partial charge in [-0.15, -0.1) is 0 Å². The average Bonchev–Trinajstić information content (AvgIpc) is 2.95. The normalized spacial score (nSPS) is 25.1. The quantitative estimate of drug-likeness (QED) is 0.776. The first-order chi connectivity index (χ1) is 12.0. The molecule has 1 aromatic carbocycles. The van der Waals surface area contributed by atoms with Gasteiger partial charge in [0.05, 0.1) is 12.2 Å². The Kier molecular flexibility index (Phi) is 5.36. The van der Waals surface area contributed by atoms with E-state index in [0.29, 0.717) is 23.7 Å². The van der Waals surface area contributed by atoms with Gasteiger partial charge in [-0.1, -0.05) is 57.5 Å². The number of oxazole rings is 1. The molecule has 1 fully saturated rings. The summed E-state index contributed by atoms with van der Waals surface area (Å²) in [6.45, 7) is 8.76. The Labute approximate surface area is 149 Å². The van der Waals surface area contributed by atoms with Crippen molar-refractivity contribution in [2.45, 2.75) is 59.1 Å². The van der Waals surface area contributed by atoms with Crippen LogP contribution in [0.4, 0.5) is 0 Å². The Morgan fingerprint density at radius 2 is 1.88 bits per heavy atom. The molecule has 0 radical (unpaired) electrons. The molecule has 1 aliphatic carbocycles. The third kappa shape index (κ3) is 4.00. The molecule has 4 heteroatoms. The zero-order valence-electron chi connectivity index (χ0n) is 15.6. The van der Waals surface area contributed by atoms with Gasteiger partial charge in [-0.05, 0) is 43.1 Å². The van der Waals surface area contributed by atoms with Crippen molar-refractivity contribution in [1.82, 2.24) is 4.57 Å². The van der Waals surface area contributed by atoms with E-state index in [0.717, 1.165) is 12.0 Å². The first-order valence-electron chi connectivity index (χ1n) is 9.39. The Morgan fingerprint density at radius 3 is 2.56 bits per heavy atom. The Bertz CT molecular complexity index is 731. The second-order valence-corrected chi connectivity index (χ2v) is 7.79. The first kappa shape index (κ1) is 17.8. The standard InChI is InChI=1S/C21H29NO3/c1-14(2)18-11-10-15(3)12-19(18)24-20-13-22(21(23)25-20)16(4)17-8-6-5-7-9-17/h5-9,13-16,18-19H,10-12H2,1-4H3/t15?,16-,18?,19?/m0/s1. The van der Waals surface area contributed by atoms with Gasteiger partial charge in [0.1, 0.15) is 6.10 Å². The fraction of sp³-hybridized carbons (Fsp3) is 0.571. The van der Waals surface area contributed by atoms with Gasteiger partial charge < -0.3 is 9.15 Å². The summed E-state index contributed by atoms with van der Waals surface area (Å²) in [5.41, 5.74) is 1.07. The summed E-state index contributed by atoms with van der Waals surface area (Å²) in [5, 5.41) is 0. The van der Waals surface area contributed by atoms with Gasteiger partial charge >= 0.3 is 11.7 Å². The Hall–Kier alpha value is -1.97. The molecule has 136 valence electrons. The molecule has 0 aliphatic heterocycles. The van der Waals surface area contributed by atoms with Crippen LogP contribution in [-0.2, 0) is 0 Å². The van der Waals surface area contributed by atoms with E-state index >= 15 is 0 Å². The maximum Gasteiger partial charge on any atom is 0.422 e. The van der Waals surface area contributed by atoms with Crippen LogP contribution in [0, 0.1) is 17.8 Å². The topological polar surface area (TPSA) is 44.4 Å². The van der Waals surface area contributed by atoms with Crippen molar-refractivity contribution in [3.63, 3.8) is 0 Å². The molecule has 4 nitrogen and oxygen atoms in total. The van der Waals surface area contributed by atoms with Crippen molar-refractivity contribution in [3.05, 3.63) is 52.6 Å². The highest BCUT2D eigenvalue weighted by Gasteiger charge is 2.33. The molecule has 1 saturated carbocycles. The largest absolute Gasteiger partial charge is 0.460 e. The third-order valence-corrected chi connectivity index (χ3v) is 5.57. The maximum atomic E-state index is 12.3. The molecule has 3 unspecified atom stereocenters. The fourth-order valence-electron chi connectivity index (χ4n) is 3.95. The molecule has 1 heterocycles. The minimum Gasteiger partial charge on any atom is -0.460 e. The van der Waals surface area contributed by atoms with Gasteiger partial charge in [-0.2, -0.15) is 0 Å². The molecule has 1 aliphatic rings. The van der Waals surface area contributed by atoms with Gasteiger partial charge in [0.2, 0.25) is 0 Å². The summed E-state index contributed by atoms with van der Waals surface area (Å²) in [5.74, 6) is 1.71. The van der Waals surface area contributed by atoms with Gasteiger partial charge in [0.15, 0.2) is 0 Å². The van der Waals surface area contributed by atoms with E-state index in [1.807, 2.05) is 37.3 Å². The van der Waals surface area contributed by atoms with E-state index < -0.39 is 0 Å². The summed E-state index contributed by atoms with van der Waals surface area (Å²) in [6, 6.07) is 9.88. The minimum absolute atomic E-state index is 0.0824. The summed E-state index contributed by atoms with van der Waals surface area (Å²) in [6.07, 6.45) is 5.28. The van der Waals surface area contributed by atoms with Crippen molar-refractivity contribution in [2.75, 3.05) is 0 Å². The number of hydrogen-bond acceptors (Lipinski definition) is 3. The van der Waals surface area contributed by atoms with Crippen LogP contribution in [0.25, 0.3) is 0 Å². The van der Waals surface area contributed by atoms with E-state index in [-0.39, 0.29) is 17.9 Å². The molecule has 0 saturated heterocycles. The van der Waals surface area contributed by atoms with E-state index in [2.05, 4.69) is 20.8 Å². The van der Waals surface area contributed by atoms with Crippen LogP contribution in [0.5, 0.6) is 5.95 Å². The van der Waals surface area contributed by atoms with Crippen molar-refractivity contribution in [2.24, 2.45) is 17.8 Å². The number of ether oxygens (including phenoxy) is 1. The molecular formula is C21H29NO3. The molecule has 0 bridgehead atoms. The molecule has 2 aromatic rings. The predicted molar refractivity (Wildman–Crippen MR) is 99.0 cm³/mol. The highest BCUT2D eigenvalue weighted by Crippen LogP contribution is 2.36. The monoisotopic (exact) mass is 343 g/mol. The van der Waals surface area contributed by atoms with Crippen molar-refractivity contribution in [1.29, 1.82) is 0 Å². The summed E-state index contributed by atoms with van der Waals surface area (Å²) < 4.78 is 13.2. The molecule has 25 heavy (non-hydrogen) atoms. The maximum absolute atomic E-state index is 12.3. The summed E-state index contributed by atoms with van der Waals surface area (Å²) in [4.78, 5) is 12.3. The molecule has 4 atom stereocenters. The molecule has 1 aromatic heterocycles. The molecule has 3 rings (SSSR count). The lowest BCUT2D eigenvalue weighted by atomic mass is 9.75. The van der Waals surface area contributed by atoms with Crippen molar-refractivity contribution in [3.8, 4) is 5.95 Å². The van der Waals surface area contributed by atoms with Crippen molar-refractivity contribution >= 4 is 0 Å². The van der Waals surface area contributed by atoms with Crippen LogP contribution in [0.3, 0.4) is 0 Å². The van der Waals surface area contributed by atoms with Gasteiger partial charge in [-0.3, -0.25) is 4.57 Å². The van der Waals surface area contributed by atoms with E-state index in [1.54, 1.807) is 10.8 Å². The average molecular weight is 343 g/mol. The SMILES string of the molecule is CC1CCC(C(C)C)C(Oc2cn([C@@H](C)c3ccccc3)c(=O)o2)C1. The van der Waals surface area contributed by atoms with Crippen LogP contribution >= 0.6 is 0 Å².